The van der Waals surface area contributed by atoms with Gasteiger partial charge in [0.05, 0.1) is 5.69 Å². The zero-order chi connectivity index (χ0) is 26.1. The minimum atomic E-state index is 0.0254. The number of carbonyl (C=O) groups is 1. The number of anilines is 2. The highest BCUT2D eigenvalue weighted by molar-refractivity contribution is 7.21. The molecule has 2 saturated carbocycles. The van der Waals surface area contributed by atoms with Crippen LogP contribution in [0.4, 0.5) is 11.5 Å². The number of thiophene rings is 1. The molecule has 0 atom stereocenters. The van der Waals surface area contributed by atoms with Gasteiger partial charge in [-0.1, -0.05) is 76.6 Å². The molecule has 3 aromatic rings. The molecule has 2 fully saturated rings. The third kappa shape index (κ3) is 4.80. The molecule has 2 aliphatic rings. The van der Waals surface area contributed by atoms with Crippen LogP contribution < -0.4 is 11.5 Å². The second kappa shape index (κ2) is 10.7. The third-order valence-electron chi connectivity index (χ3n) is 8.25. The first kappa shape index (κ1) is 25.5. The molecule has 1 amide bonds. The number of carbonyl (C=O) groups excluding carboxylic acids is 1. The lowest BCUT2D eigenvalue weighted by atomic mass is 9.88. The Balaban J connectivity index is 1.64. The van der Waals surface area contributed by atoms with Crippen molar-refractivity contribution in [3.05, 3.63) is 40.3 Å². The number of rotatable bonds is 5. The van der Waals surface area contributed by atoms with E-state index in [-0.39, 0.29) is 23.8 Å². The molecule has 1 aromatic carbocycles. The Bertz CT molecular complexity index is 1310. The zero-order valence-corrected chi connectivity index (χ0v) is 22.7. The molecule has 5 rings (SSSR count). The van der Waals surface area contributed by atoms with Crippen molar-refractivity contribution < 1.29 is 4.79 Å². The van der Waals surface area contributed by atoms with Gasteiger partial charge in [0, 0.05) is 23.0 Å². The largest absolute Gasteiger partial charge is 0.397 e. The Kier molecular flexibility index (Phi) is 7.39. The van der Waals surface area contributed by atoms with Crippen molar-refractivity contribution in [2.45, 2.75) is 96.1 Å². The van der Waals surface area contributed by atoms with Crippen LogP contribution in [0, 0.1) is 11.3 Å². The smallest absolute Gasteiger partial charge is 0.266 e. The number of benzene rings is 1. The van der Waals surface area contributed by atoms with Crippen molar-refractivity contribution in [2.24, 2.45) is 0 Å². The number of hydrogen-bond donors (Lipinski definition) is 2. The Morgan fingerprint density at radius 2 is 1.57 bits per heavy atom. The van der Waals surface area contributed by atoms with E-state index in [1.165, 1.54) is 55.4 Å². The van der Waals surface area contributed by atoms with Crippen LogP contribution in [0.15, 0.2) is 24.3 Å². The molecule has 37 heavy (non-hydrogen) atoms. The lowest BCUT2D eigenvalue weighted by Gasteiger charge is -2.41. The third-order valence-corrected chi connectivity index (χ3v) is 9.33. The van der Waals surface area contributed by atoms with Gasteiger partial charge in [0.2, 0.25) is 0 Å². The summed E-state index contributed by atoms with van der Waals surface area (Å²) in [6, 6.07) is 11.0. The van der Waals surface area contributed by atoms with E-state index in [4.69, 9.17) is 11.5 Å². The Labute approximate surface area is 223 Å². The van der Waals surface area contributed by atoms with Gasteiger partial charge in [0.25, 0.3) is 5.91 Å². The van der Waals surface area contributed by atoms with E-state index in [1.807, 2.05) is 12.1 Å². The highest BCUT2D eigenvalue weighted by atomic mass is 32.1. The number of hydrogen-bond acceptors (Lipinski definition) is 6. The van der Waals surface area contributed by atoms with Gasteiger partial charge in [-0.05, 0) is 42.7 Å². The second-order valence-electron chi connectivity index (χ2n) is 11.0. The zero-order valence-electron chi connectivity index (χ0n) is 21.9. The summed E-state index contributed by atoms with van der Waals surface area (Å²) in [4.78, 5) is 22.2. The van der Waals surface area contributed by atoms with Gasteiger partial charge in [-0.25, -0.2) is 4.98 Å². The summed E-state index contributed by atoms with van der Waals surface area (Å²) in [5, 5.41) is 10.7. The molecule has 2 aliphatic carbocycles. The van der Waals surface area contributed by atoms with Gasteiger partial charge in [-0.15, -0.1) is 11.3 Å². The van der Waals surface area contributed by atoms with Crippen LogP contribution >= 0.6 is 11.3 Å². The van der Waals surface area contributed by atoms with Crippen molar-refractivity contribution in [2.75, 3.05) is 11.5 Å². The first-order valence-corrected chi connectivity index (χ1v) is 14.6. The summed E-state index contributed by atoms with van der Waals surface area (Å²) in [6.45, 7) is 4.30. The van der Waals surface area contributed by atoms with Crippen molar-refractivity contribution in [3.63, 3.8) is 0 Å². The minimum absolute atomic E-state index is 0.0254. The van der Waals surface area contributed by atoms with E-state index >= 15 is 0 Å². The Morgan fingerprint density at radius 1 is 1.00 bits per heavy atom. The van der Waals surface area contributed by atoms with Crippen LogP contribution in [0.25, 0.3) is 21.3 Å². The highest BCUT2D eigenvalue weighted by Crippen LogP contribution is 2.44. The molecule has 0 saturated heterocycles. The van der Waals surface area contributed by atoms with Crippen LogP contribution in [0.2, 0.25) is 0 Å². The Hall–Kier alpha value is -3.11. The average molecular weight is 516 g/mol. The molecule has 194 valence electrons. The normalized spacial score (nSPS) is 17.2. The lowest BCUT2D eigenvalue weighted by Crippen LogP contribution is -2.48. The number of fused-ring (bicyclic) bond motifs is 1. The predicted molar refractivity (Wildman–Crippen MR) is 153 cm³/mol. The van der Waals surface area contributed by atoms with E-state index in [2.05, 4.69) is 41.9 Å². The highest BCUT2D eigenvalue weighted by Gasteiger charge is 2.35. The molecule has 7 heteroatoms. The van der Waals surface area contributed by atoms with Crippen molar-refractivity contribution >= 4 is 39.0 Å². The molecule has 0 bridgehead atoms. The maximum atomic E-state index is 14.3. The van der Waals surface area contributed by atoms with Gasteiger partial charge < -0.3 is 16.4 Å². The molecule has 0 unspecified atom stereocenters. The Morgan fingerprint density at radius 3 is 2.08 bits per heavy atom. The van der Waals surface area contributed by atoms with Crippen LogP contribution in [0.5, 0.6) is 0 Å². The summed E-state index contributed by atoms with van der Waals surface area (Å²) in [6.07, 6.45) is 11.4. The van der Waals surface area contributed by atoms with E-state index in [0.717, 1.165) is 31.2 Å². The molecule has 6 nitrogen and oxygen atoms in total. The van der Waals surface area contributed by atoms with E-state index < -0.39 is 0 Å². The van der Waals surface area contributed by atoms with Crippen molar-refractivity contribution in [1.82, 2.24) is 9.88 Å². The fourth-order valence-corrected chi connectivity index (χ4v) is 7.29. The van der Waals surface area contributed by atoms with Crippen LogP contribution in [-0.4, -0.2) is 27.9 Å². The fraction of sp³-hybridized carbons (Fsp3) is 0.500. The second-order valence-corrected chi connectivity index (χ2v) is 12.0. The number of pyridine rings is 1. The molecular formula is C30H37N5OS. The van der Waals surface area contributed by atoms with E-state index in [0.29, 0.717) is 37.8 Å². The molecule has 4 N–H and O–H groups in total. The summed E-state index contributed by atoms with van der Waals surface area (Å²) in [5.74, 6) is 0.597. The fourth-order valence-electron chi connectivity index (χ4n) is 6.23. The topological polar surface area (TPSA) is 109 Å². The summed E-state index contributed by atoms with van der Waals surface area (Å²) in [5.41, 5.74) is 16.6. The average Bonchev–Trinajstić information content (AvgIpc) is 3.24. The number of nitrogen functional groups attached to an aromatic ring is 2. The van der Waals surface area contributed by atoms with E-state index in [1.54, 1.807) is 0 Å². The SMILES string of the molecule is CC(C)c1ccc(-c2c(C#N)c(N)nc3sc(C(=O)N(C4CCCCC4)C4CCCCC4)c(N)c23)cc1. The molecule has 0 radical (unpaired) electrons. The molecule has 0 spiro atoms. The summed E-state index contributed by atoms with van der Waals surface area (Å²) in [7, 11) is 0. The minimum Gasteiger partial charge on any atom is -0.397 e. The van der Waals surface area contributed by atoms with Gasteiger partial charge in [-0.3, -0.25) is 4.79 Å². The molecule has 2 heterocycles. The van der Waals surface area contributed by atoms with Gasteiger partial charge in [0.1, 0.15) is 27.2 Å². The number of nitriles is 1. The predicted octanol–water partition coefficient (Wildman–Crippen LogP) is 7.23. The van der Waals surface area contributed by atoms with Crippen LogP contribution in [0.1, 0.15) is 105 Å². The number of aromatic nitrogens is 1. The lowest BCUT2D eigenvalue weighted by molar-refractivity contribution is 0.0454. The maximum Gasteiger partial charge on any atom is 0.266 e. The quantitative estimate of drug-likeness (QED) is 0.372. The summed E-state index contributed by atoms with van der Waals surface area (Å²) < 4.78 is 0. The monoisotopic (exact) mass is 515 g/mol. The van der Waals surface area contributed by atoms with Gasteiger partial charge in [0.15, 0.2) is 0 Å². The number of nitrogens with two attached hydrogens (primary N) is 2. The van der Waals surface area contributed by atoms with Gasteiger partial charge >= 0.3 is 0 Å². The first-order valence-electron chi connectivity index (χ1n) is 13.7. The molecule has 0 aliphatic heterocycles. The van der Waals surface area contributed by atoms with Crippen LogP contribution in [-0.2, 0) is 0 Å². The summed E-state index contributed by atoms with van der Waals surface area (Å²) >= 11 is 1.32. The van der Waals surface area contributed by atoms with Crippen molar-refractivity contribution in [1.29, 1.82) is 5.26 Å². The molecular weight excluding hydrogens is 478 g/mol. The van der Waals surface area contributed by atoms with Crippen LogP contribution in [0.3, 0.4) is 0 Å². The molecule has 2 aromatic heterocycles. The number of amides is 1. The van der Waals surface area contributed by atoms with E-state index in [9.17, 15) is 10.1 Å². The van der Waals surface area contributed by atoms with Gasteiger partial charge in [-0.2, -0.15) is 5.26 Å². The maximum absolute atomic E-state index is 14.3. The van der Waals surface area contributed by atoms with Crippen molar-refractivity contribution in [3.8, 4) is 17.2 Å². The number of nitrogens with zero attached hydrogens (tertiary/aromatic N) is 3. The first-order chi connectivity index (χ1) is 17.9. The standard InChI is InChI=1S/C30H37N5OS/c1-18(2)19-13-15-20(16-14-19)24-23(17-31)28(33)34-29-25(24)26(32)27(37-29)30(36)35(21-9-5-3-6-10-21)22-11-7-4-8-12-22/h13-16,18,21-22H,3-12,32H2,1-2H3,(H2,33,34).